The molecule has 1 amide bonds. The fraction of sp³-hybridized carbons (Fsp3) is 0.294. The first kappa shape index (κ1) is 18.9. The molecule has 0 fully saturated rings. The van der Waals surface area contributed by atoms with E-state index in [-0.39, 0.29) is 19.6 Å². The van der Waals surface area contributed by atoms with E-state index in [1.807, 2.05) is 6.07 Å². The summed E-state index contributed by atoms with van der Waals surface area (Å²) in [4.78, 5) is 36.1. The van der Waals surface area contributed by atoms with Gasteiger partial charge in [-0.1, -0.05) is 18.2 Å². The minimum Gasteiger partial charge on any atom is -0.463 e. The molecule has 0 atom stereocenters. The van der Waals surface area contributed by atoms with Gasteiger partial charge in [0.2, 0.25) is 0 Å². The van der Waals surface area contributed by atoms with E-state index in [1.54, 1.807) is 37.3 Å². The van der Waals surface area contributed by atoms with E-state index in [9.17, 15) is 14.4 Å². The number of benzene rings is 1. The second kappa shape index (κ2) is 10.6. The number of para-hydroxylation sites is 1. The summed E-state index contributed by atoms with van der Waals surface area (Å²) >= 11 is 0. The zero-order valence-electron chi connectivity index (χ0n) is 13.3. The standard InChI is InChI=1S/C17H18N2O5/c1-2-23-16(21)9-10-17(22)24-13-15(20)19(12-6-11-18)14-7-4-3-5-8-14/h3-5,7-10H,2,6,12-13H2,1H3/b10-9+. The highest BCUT2D eigenvalue weighted by Crippen LogP contribution is 2.14. The van der Waals surface area contributed by atoms with Crippen LogP contribution in [0.15, 0.2) is 42.5 Å². The van der Waals surface area contributed by atoms with Gasteiger partial charge in [0, 0.05) is 24.4 Å². The maximum Gasteiger partial charge on any atom is 0.331 e. The Morgan fingerprint density at radius 2 is 1.75 bits per heavy atom. The quantitative estimate of drug-likeness (QED) is 0.530. The lowest BCUT2D eigenvalue weighted by atomic mass is 10.2. The van der Waals surface area contributed by atoms with Crippen molar-refractivity contribution in [1.29, 1.82) is 5.26 Å². The van der Waals surface area contributed by atoms with Crippen LogP contribution in [0.4, 0.5) is 5.69 Å². The fourth-order valence-corrected chi connectivity index (χ4v) is 1.75. The van der Waals surface area contributed by atoms with E-state index in [4.69, 9.17) is 10.00 Å². The van der Waals surface area contributed by atoms with Gasteiger partial charge in [-0.05, 0) is 19.1 Å². The van der Waals surface area contributed by atoms with E-state index in [0.29, 0.717) is 5.69 Å². The number of amides is 1. The Morgan fingerprint density at radius 1 is 1.12 bits per heavy atom. The number of nitrogens with zero attached hydrogens (tertiary/aromatic N) is 2. The predicted molar refractivity (Wildman–Crippen MR) is 85.8 cm³/mol. The van der Waals surface area contributed by atoms with Crippen molar-refractivity contribution in [3.63, 3.8) is 0 Å². The second-order valence-electron chi connectivity index (χ2n) is 4.48. The molecule has 24 heavy (non-hydrogen) atoms. The molecule has 0 heterocycles. The van der Waals surface area contributed by atoms with Gasteiger partial charge in [-0.25, -0.2) is 9.59 Å². The van der Waals surface area contributed by atoms with Gasteiger partial charge in [-0.2, -0.15) is 5.26 Å². The van der Waals surface area contributed by atoms with Crippen molar-refractivity contribution >= 4 is 23.5 Å². The van der Waals surface area contributed by atoms with E-state index in [0.717, 1.165) is 12.2 Å². The molecule has 0 aromatic heterocycles. The summed E-state index contributed by atoms with van der Waals surface area (Å²) in [6.07, 6.45) is 1.98. The lowest BCUT2D eigenvalue weighted by molar-refractivity contribution is -0.143. The van der Waals surface area contributed by atoms with Crippen LogP contribution in [0.2, 0.25) is 0 Å². The molecule has 0 saturated heterocycles. The van der Waals surface area contributed by atoms with Gasteiger partial charge in [0.1, 0.15) is 0 Å². The smallest absolute Gasteiger partial charge is 0.331 e. The summed E-state index contributed by atoms with van der Waals surface area (Å²) in [5, 5.41) is 8.70. The van der Waals surface area contributed by atoms with Crippen LogP contribution in [0.3, 0.4) is 0 Å². The van der Waals surface area contributed by atoms with Crippen molar-refractivity contribution in [3.8, 4) is 6.07 Å². The molecule has 0 unspecified atom stereocenters. The minimum atomic E-state index is -0.829. The van der Waals surface area contributed by atoms with E-state index in [2.05, 4.69) is 4.74 Å². The van der Waals surface area contributed by atoms with Gasteiger partial charge in [-0.15, -0.1) is 0 Å². The average molecular weight is 330 g/mol. The highest BCUT2D eigenvalue weighted by molar-refractivity contribution is 5.97. The monoisotopic (exact) mass is 330 g/mol. The minimum absolute atomic E-state index is 0.150. The number of esters is 2. The van der Waals surface area contributed by atoms with Crippen LogP contribution < -0.4 is 4.90 Å². The first-order valence-corrected chi connectivity index (χ1v) is 7.32. The summed E-state index contributed by atoms with van der Waals surface area (Å²) in [6.45, 7) is 1.53. The summed E-state index contributed by atoms with van der Waals surface area (Å²) in [6, 6.07) is 10.7. The summed E-state index contributed by atoms with van der Waals surface area (Å²) < 4.78 is 9.43. The summed E-state index contributed by atoms with van der Waals surface area (Å²) in [5.41, 5.74) is 0.607. The zero-order valence-corrected chi connectivity index (χ0v) is 13.3. The highest BCUT2D eigenvalue weighted by atomic mass is 16.5. The number of ether oxygens (including phenoxy) is 2. The molecule has 0 saturated carbocycles. The van der Waals surface area contributed by atoms with Crippen molar-refractivity contribution in [3.05, 3.63) is 42.5 Å². The van der Waals surface area contributed by atoms with Crippen LogP contribution in [-0.4, -0.2) is 37.6 Å². The Morgan fingerprint density at radius 3 is 2.33 bits per heavy atom. The van der Waals surface area contributed by atoms with Gasteiger partial charge >= 0.3 is 11.9 Å². The van der Waals surface area contributed by atoms with Crippen molar-refractivity contribution < 1.29 is 23.9 Å². The topological polar surface area (TPSA) is 96.7 Å². The molecule has 1 aromatic carbocycles. The molecule has 0 bridgehead atoms. The van der Waals surface area contributed by atoms with E-state index < -0.39 is 24.5 Å². The third-order valence-corrected chi connectivity index (χ3v) is 2.80. The summed E-state index contributed by atoms with van der Waals surface area (Å²) in [5.74, 6) is -1.96. The third-order valence-electron chi connectivity index (χ3n) is 2.80. The van der Waals surface area contributed by atoms with Crippen LogP contribution in [-0.2, 0) is 23.9 Å². The number of nitriles is 1. The molecule has 0 N–H and O–H groups in total. The maximum absolute atomic E-state index is 12.2. The Bertz CT molecular complexity index is 634. The molecule has 126 valence electrons. The van der Waals surface area contributed by atoms with Crippen molar-refractivity contribution in [2.24, 2.45) is 0 Å². The van der Waals surface area contributed by atoms with Crippen LogP contribution in [0.5, 0.6) is 0 Å². The fourth-order valence-electron chi connectivity index (χ4n) is 1.75. The molecule has 0 aliphatic carbocycles. The molecule has 0 aliphatic rings. The molecular weight excluding hydrogens is 312 g/mol. The SMILES string of the molecule is CCOC(=O)/C=C/C(=O)OCC(=O)N(CCC#N)c1ccccc1. The van der Waals surface area contributed by atoms with E-state index in [1.165, 1.54) is 4.90 Å². The van der Waals surface area contributed by atoms with Gasteiger partial charge < -0.3 is 14.4 Å². The highest BCUT2D eigenvalue weighted by Gasteiger charge is 2.16. The summed E-state index contributed by atoms with van der Waals surface area (Å²) in [7, 11) is 0. The molecule has 1 aromatic rings. The largest absolute Gasteiger partial charge is 0.463 e. The Labute approximate surface area is 140 Å². The Hall–Kier alpha value is -3.14. The van der Waals surface area contributed by atoms with Crippen LogP contribution in [0.25, 0.3) is 0 Å². The lowest BCUT2D eigenvalue weighted by Gasteiger charge is -2.21. The predicted octanol–water partition coefficient (Wildman–Crippen LogP) is 1.60. The third kappa shape index (κ3) is 6.75. The number of hydrogen-bond acceptors (Lipinski definition) is 6. The van der Waals surface area contributed by atoms with Gasteiger partial charge in [-0.3, -0.25) is 4.79 Å². The normalized spacial score (nSPS) is 10.0. The van der Waals surface area contributed by atoms with Crippen molar-refractivity contribution in [1.82, 2.24) is 0 Å². The number of hydrogen-bond donors (Lipinski definition) is 0. The number of carbonyl (C=O) groups excluding carboxylic acids is 3. The van der Waals surface area contributed by atoms with Crippen LogP contribution >= 0.6 is 0 Å². The number of carbonyl (C=O) groups is 3. The molecule has 1 rings (SSSR count). The molecule has 0 spiro atoms. The Balaban J connectivity index is 2.61. The first-order chi connectivity index (χ1) is 11.6. The van der Waals surface area contributed by atoms with Gasteiger partial charge in [0.15, 0.2) is 6.61 Å². The van der Waals surface area contributed by atoms with E-state index >= 15 is 0 Å². The number of anilines is 1. The Kier molecular flexibility index (Phi) is 8.32. The second-order valence-corrected chi connectivity index (χ2v) is 4.48. The van der Waals surface area contributed by atoms with Crippen molar-refractivity contribution in [2.45, 2.75) is 13.3 Å². The zero-order chi connectivity index (χ0) is 17.8. The molecule has 7 heteroatoms. The number of rotatable bonds is 8. The molecule has 7 nitrogen and oxygen atoms in total. The molecular formula is C17H18N2O5. The van der Waals surface area contributed by atoms with Crippen LogP contribution in [0, 0.1) is 11.3 Å². The first-order valence-electron chi connectivity index (χ1n) is 7.32. The molecule has 0 radical (unpaired) electrons. The average Bonchev–Trinajstić information content (AvgIpc) is 2.59. The molecule has 0 aliphatic heterocycles. The van der Waals surface area contributed by atoms with Crippen molar-refractivity contribution in [2.75, 3.05) is 24.7 Å². The lowest BCUT2D eigenvalue weighted by Crippen LogP contribution is -2.35. The van der Waals surface area contributed by atoms with Gasteiger partial charge in [0.05, 0.1) is 19.1 Å². The van der Waals surface area contributed by atoms with Crippen LogP contribution in [0.1, 0.15) is 13.3 Å². The maximum atomic E-state index is 12.2. The van der Waals surface area contributed by atoms with Gasteiger partial charge in [0.25, 0.3) is 5.91 Å².